The van der Waals surface area contributed by atoms with Gasteiger partial charge in [-0.25, -0.2) is 0 Å². The lowest BCUT2D eigenvalue weighted by atomic mass is 10.0. The van der Waals surface area contributed by atoms with Crippen molar-refractivity contribution in [2.45, 2.75) is 45.2 Å². The van der Waals surface area contributed by atoms with Crippen LogP contribution >= 0.6 is 0 Å². The molecule has 0 spiro atoms. The van der Waals surface area contributed by atoms with Crippen LogP contribution in [0.2, 0.25) is 0 Å². The van der Waals surface area contributed by atoms with Crippen molar-refractivity contribution >= 4 is 0 Å². The summed E-state index contributed by atoms with van der Waals surface area (Å²) >= 11 is 0. The van der Waals surface area contributed by atoms with Gasteiger partial charge in [0.25, 0.3) is 0 Å². The normalized spacial score (nSPS) is 19.5. The van der Waals surface area contributed by atoms with E-state index in [9.17, 15) is 5.11 Å². The lowest BCUT2D eigenvalue weighted by Gasteiger charge is -2.33. The number of benzene rings is 1. The van der Waals surface area contributed by atoms with Crippen LogP contribution in [0.3, 0.4) is 0 Å². The van der Waals surface area contributed by atoms with Crippen molar-refractivity contribution in [2.75, 3.05) is 13.2 Å². The minimum Gasteiger partial charge on any atom is -0.395 e. The zero-order valence-corrected chi connectivity index (χ0v) is 13.0. The Morgan fingerprint density at radius 3 is 2.82 bits per heavy atom. The smallest absolute Gasteiger partial charge is 0.241 e. The van der Waals surface area contributed by atoms with Gasteiger partial charge >= 0.3 is 0 Å². The standard InChI is InChI=1S/C17H23N3O2/c1-2-13-6-8-14(9-7-13)17-18-16(22-19-17)11-20-10-4-3-5-15(20)12-21/h6-9,15,21H,2-5,10-12H2,1H3. The van der Waals surface area contributed by atoms with E-state index in [1.807, 2.05) is 12.1 Å². The molecular weight excluding hydrogens is 278 g/mol. The molecule has 1 fully saturated rings. The lowest BCUT2D eigenvalue weighted by Crippen LogP contribution is -2.41. The second-order valence-corrected chi connectivity index (χ2v) is 5.86. The monoisotopic (exact) mass is 301 g/mol. The molecule has 1 aliphatic heterocycles. The summed E-state index contributed by atoms with van der Waals surface area (Å²) in [7, 11) is 0. The van der Waals surface area contributed by atoms with Crippen LogP contribution in [-0.2, 0) is 13.0 Å². The van der Waals surface area contributed by atoms with Crippen molar-refractivity contribution in [3.63, 3.8) is 0 Å². The molecule has 22 heavy (non-hydrogen) atoms. The van der Waals surface area contributed by atoms with Gasteiger partial charge in [-0.2, -0.15) is 4.98 Å². The number of piperidine rings is 1. The third-order valence-corrected chi connectivity index (χ3v) is 4.39. The van der Waals surface area contributed by atoms with Crippen LogP contribution in [0.5, 0.6) is 0 Å². The summed E-state index contributed by atoms with van der Waals surface area (Å²) in [5, 5.41) is 13.5. The average molecular weight is 301 g/mol. The van der Waals surface area contributed by atoms with E-state index in [0.29, 0.717) is 18.3 Å². The largest absolute Gasteiger partial charge is 0.395 e. The quantitative estimate of drug-likeness (QED) is 0.920. The number of aromatic nitrogens is 2. The first kappa shape index (κ1) is 15.2. The fourth-order valence-electron chi connectivity index (χ4n) is 2.97. The van der Waals surface area contributed by atoms with E-state index in [2.05, 4.69) is 34.1 Å². The topological polar surface area (TPSA) is 62.4 Å². The lowest BCUT2D eigenvalue weighted by molar-refractivity contribution is 0.0749. The summed E-state index contributed by atoms with van der Waals surface area (Å²) in [6.45, 7) is 3.93. The average Bonchev–Trinajstić information content (AvgIpc) is 3.04. The Morgan fingerprint density at radius 2 is 2.09 bits per heavy atom. The third kappa shape index (κ3) is 3.36. The van der Waals surface area contributed by atoms with E-state index in [-0.39, 0.29) is 12.6 Å². The van der Waals surface area contributed by atoms with Crippen molar-refractivity contribution in [2.24, 2.45) is 0 Å². The predicted octanol–water partition coefficient (Wildman–Crippen LogP) is 2.65. The van der Waals surface area contributed by atoms with Crippen LogP contribution in [0.25, 0.3) is 11.4 Å². The molecule has 1 atom stereocenters. The van der Waals surface area contributed by atoms with Gasteiger partial charge in [-0.1, -0.05) is 42.8 Å². The Bertz CT molecular complexity index is 594. The van der Waals surface area contributed by atoms with Gasteiger partial charge in [-0.05, 0) is 31.4 Å². The molecular formula is C17H23N3O2. The molecule has 1 aromatic carbocycles. The summed E-state index contributed by atoms with van der Waals surface area (Å²) in [6.07, 6.45) is 4.40. The van der Waals surface area contributed by atoms with E-state index in [4.69, 9.17) is 4.52 Å². The summed E-state index contributed by atoms with van der Waals surface area (Å²) in [4.78, 5) is 6.73. The van der Waals surface area contributed by atoms with Gasteiger partial charge < -0.3 is 9.63 Å². The van der Waals surface area contributed by atoms with Crippen molar-refractivity contribution in [3.05, 3.63) is 35.7 Å². The first-order valence-electron chi connectivity index (χ1n) is 8.07. The molecule has 2 heterocycles. The molecule has 1 N–H and O–H groups in total. The zero-order valence-electron chi connectivity index (χ0n) is 13.0. The number of aliphatic hydroxyl groups is 1. The van der Waals surface area contributed by atoms with Crippen LogP contribution in [0.15, 0.2) is 28.8 Å². The number of rotatable bonds is 5. The molecule has 0 radical (unpaired) electrons. The molecule has 1 aliphatic rings. The maximum absolute atomic E-state index is 9.46. The number of aryl methyl sites for hydroxylation is 1. The van der Waals surface area contributed by atoms with Crippen LogP contribution < -0.4 is 0 Å². The highest BCUT2D eigenvalue weighted by molar-refractivity contribution is 5.54. The van der Waals surface area contributed by atoms with E-state index >= 15 is 0 Å². The van der Waals surface area contributed by atoms with Crippen LogP contribution in [0.1, 0.15) is 37.6 Å². The molecule has 1 saturated heterocycles. The second-order valence-electron chi connectivity index (χ2n) is 5.86. The number of likely N-dealkylation sites (tertiary alicyclic amines) is 1. The first-order chi connectivity index (χ1) is 10.8. The van der Waals surface area contributed by atoms with Crippen molar-refractivity contribution < 1.29 is 9.63 Å². The summed E-state index contributed by atoms with van der Waals surface area (Å²) in [6, 6.07) is 8.47. The van der Waals surface area contributed by atoms with E-state index in [0.717, 1.165) is 31.4 Å². The molecule has 2 aromatic rings. The molecule has 118 valence electrons. The van der Waals surface area contributed by atoms with Gasteiger partial charge in [0.2, 0.25) is 11.7 Å². The highest BCUT2D eigenvalue weighted by Gasteiger charge is 2.23. The molecule has 5 nitrogen and oxygen atoms in total. The number of hydrogen-bond acceptors (Lipinski definition) is 5. The maximum atomic E-state index is 9.46. The molecule has 1 aromatic heterocycles. The van der Waals surface area contributed by atoms with E-state index in [1.54, 1.807) is 0 Å². The molecule has 5 heteroatoms. The van der Waals surface area contributed by atoms with Gasteiger partial charge in [0.15, 0.2) is 0 Å². The molecule has 3 rings (SSSR count). The van der Waals surface area contributed by atoms with Crippen molar-refractivity contribution in [1.29, 1.82) is 0 Å². The number of aliphatic hydroxyl groups excluding tert-OH is 1. The van der Waals surface area contributed by atoms with Crippen LogP contribution in [-0.4, -0.2) is 39.3 Å². The summed E-state index contributed by atoms with van der Waals surface area (Å²) in [5.41, 5.74) is 2.27. The Morgan fingerprint density at radius 1 is 1.27 bits per heavy atom. The fourth-order valence-corrected chi connectivity index (χ4v) is 2.97. The van der Waals surface area contributed by atoms with Gasteiger partial charge in [-0.3, -0.25) is 4.90 Å². The minimum absolute atomic E-state index is 0.194. The van der Waals surface area contributed by atoms with Crippen LogP contribution in [0.4, 0.5) is 0 Å². The molecule has 1 unspecified atom stereocenters. The van der Waals surface area contributed by atoms with Gasteiger partial charge in [0.05, 0.1) is 13.2 Å². The fraction of sp³-hybridized carbons (Fsp3) is 0.529. The number of hydrogen-bond donors (Lipinski definition) is 1. The molecule has 0 aliphatic carbocycles. The highest BCUT2D eigenvalue weighted by Crippen LogP contribution is 2.21. The SMILES string of the molecule is CCc1ccc(-c2noc(CN3CCCCC3CO)n2)cc1. The first-order valence-corrected chi connectivity index (χ1v) is 8.07. The van der Waals surface area contributed by atoms with E-state index in [1.165, 1.54) is 12.0 Å². The van der Waals surface area contributed by atoms with Crippen molar-refractivity contribution in [1.82, 2.24) is 15.0 Å². The Hall–Kier alpha value is -1.72. The summed E-state index contributed by atoms with van der Waals surface area (Å²) in [5.74, 6) is 1.25. The second kappa shape index (κ2) is 7.03. The Labute approximate surface area is 131 Å². The minimum atomic E-state index is 0.194. The van der Waals surface area contributed by atoms with Crippen molar-refractivity contribution in [3.8, 4) is 11.4 Å². The molecule has 0 bridgehead atoms. The predicted molar refractivity (Wildman–Crippen MR) is 84.2 cm³/mol. The number of nitrogens with zero attached hydrogens (tertiary/aromatic N) is 3. The van der Waals surface area contributed by atoms with Gasteiger partial charge in [0, 0.05) is 11.6 Å². The molecule has 0 saturated carbocycles. The molecule has 0 amide bonds. The highest BCUT2D eigenvalue weighted by atomic mass is 16.5. The Balaban J connectivity index is 1.70. The Kier molecular flexibility index (Phi) is 4.85. The zero-order chi connectivity index (χ0) is 15.4. The summed E-state index contributed by atoms with van der Waals surface area (Å²) < 4.78 is 5.39. The van der Waals surface area contributed by atoms with Gasteiger partial charge in [0.1, 0.15) is 0 Å². The van der Waals surface area contributed by atoms with Gasteiger partial charge in [-0.15, -0.1) is 0 Å². The maximum Gasteiger partial charge on any atom is 0.241 e. The third-order valence-electron chi connectivity index (χ3n) is 4.39. The van der Waals surface area contributed by atoms with Crippen LogP contribution in [0, 0.1) is 0 Å². The van der Waals surface area contributed by atoms with E-state index < -0.39 is 0 Å².